The SMILES string of the molecule is N#CC(=C(c1ccc(N(c2ccccc2)c2ccccc2)cc1)c1ccc(N(c2ccccc2)c2ccccc2)cc1)P(=O)(O)O. The van der Waals surface area contributed by atoms with Crippen molar-refractivity contribution in [3.8, 4) is 6.07 Å². The van der Waals surface area contributed by atoms with Gasteiger partial charge in [0.05, 0.1) is 0 Å². The van der Waals surface area contributed by atoms with E-state index in [2.05, 4.69) is 9.80 Å². The van der Waals surface area contributed by atoms with Crippen molar-refractivity contribution >= 4 is 47.3 Å². The number of anilines is 6. The molecule has 0 aliphatic rings. The molecule has 2 N–H and O–H groups in total. The van der Waals surface area contributed by atoms with Crippen LogP contribution in [0.1, 0.15) is 11.1 Å². The summed E-state index contributed by atoms with van der Waals surface area (Å²) < 4.78 is 12.6. The van der Waals surface area contributed by atoms with E-state index in [1.54, 1.807) is 24.3 Å². The molecule has 6 aromatic carbocycles. The zero-order chi connectivity index (χ0) is 31.9. The lowest BCUT2D eigenvalue weighted by atomic mass is 9.96. The van der Waals surface area contributed by atoms with Gasteiger partial charge in [-0.3, -0.25) is 4.57 Å². The van der Waals surface area contributed by atoms with Crippen molar-refractivity contribution in [3.05, 3.63) is 186 Å². The van der Waals surface area contributed by atoms with Crippen LogP contribution in [0.4, 0.5) is 34.1 Å². The lowest BCUT2D eigenvalue weighted by Crippen LogP contribution is -2.10. The van der Waals surface area contributed by atoms with E-state index in [4.69, 9.17) is 0 Å². The summed E-state index contributed by atoms with van der Waals surface area (Å²) >= 11 is 0. The first-order valence-electron chi connectivity index (χ1n) is 14.7. The third kappa shape index (κ3) is 6.53. The van der Waals surface area contributed by atoms with Gasteiger partial charge in [-0.05, 0) is 83.9 Å². The van der Waals surface area contributed by atoms with E-state index < -0.39 is 12.9 Å². The fraction of sp³-hybridized carbons (Fsp3) is 0. The first-order valence-corrected chi connectivity index (χ1v) is 16.3. The lowest BCUT2D eigenvalue weighted by Gasteiger charge is -2.26. The van der Waals surface area contributed by atoms with E-state index in [0.717, 1.165) is 34.1 Å². The molecule has 0 saturated carbocycles. The summed E-state index contributed by atoms with van der Waals surface area (Å²) in [6.07, 6.45) is 0. The highest BCUT2D eigenvalue weighted by atomic mass is 31.2. The molecule has 7 heteroatoms. The Morgan fingerprint density at radius 3 is 0.957 bits per heavy atom. The molecule has 0 unspecified atom stereocenters. The van der Waals surface area contributed by atoms with Crippen LogP contribution in [-0.2, 0) is 4.57 Å². The molecule has 0 atom stereocenters. The van der Waals surface area contributed by atoms with Gasteiger partial charge >= 0.3 is 7.60 Å². The minimum absolute atomic E-state index is 0.186. The molecule has 6 aromatic rings. The number of nitrogens with zero attached hydrogens (tertiary/aromatic N) is 3. The number of hydrogen-bond acceptors (Lipinski definition) is 4. The van der Waals surface area contributed by atoms with Crippen molar-refractivity contribution in [1.82, 2.24) is 0 Å². The Labute approximate surface area is 268 Å². The zero-order valence-corrected chi connectivity index (χ0v) is 25.7. The topological polar surface area (TPSA) is 87.8 Å². The second-order valence-electron chi connectivity index (χ2n) is 10.5. The molecule has 0 amide bonds. The molecule has 0 saturated heterocycles. The van der Waals surface area contributed by atoms with Crippen LogP contribution in [0.3, 0.4) is 0 Å². The van der Waals surface area contributed by atoms with Gasteiger partial charge in [-0.2, -0.15) is 5.26 Å². The van der Waals surface area contributed by atoms with Crippen molar-refractivity contribution in [3.63, 3.8) is 0 Å². The molecule has 0 aromatic heterocycles. The molecular formula is C39H30N3O3P. The molecule has 0 heterocycles. The van der Waals surface area contributed by atoms with Crippen molar-refractivity contribution < 1.29 is 14.4 Å². The van der Waals surface area contributed by atoms with E-state index in [1.807, 2.05) is 152 Å². The number of rotatable bonds is 9. The Balaban J connectivity index is 1.43. The van der Waals surface area contributed by atoms with Gasteiger partial charge < -0.3 is 19.6 Å². The number of allylic oxidation sites excluding steroid dienone is 1. The van der Waals surface area contributed by atoms with Crippen LogP contribution < -0.4 is 9.80 Å². The zero-order valence-electron chi connectivity index (χ0n) is 24.8. The summed E-state index contributed by atoms with van der Waals surface area (Å²) in [5.41, 5.74) is 6.76. The largest absolute Gasteiger partial charge is 0.367 e. The van der Waals surface area contributed by atoms with Gasteiger partial charge in [0.2, 0.25) is 0 Å². The Morgan fingerprint density at radius 1 is 0.457 bits per heavy atom. The van der Waals surface area contributed by atoms with Gasteiger partial charge in [0.25, 0.3) is 0 Å². The molecule has 0 fully saturated rings. The standard InChI is InChI=1S/C39H30N3O3P/c40-29-38(46(43,44)45)39(30-21-25-36(26-22-30)41(32-13-5-1-6-14-32)33-15-7-2-8-16-33)31-23-27-37(28-24-31)42(34-17-9-3-10-18-34)35-19-11-4-12-20-35/h1-28H,(H2,43,44,45). The van der Waals surface area contributed by atoms with Gasteiger partial charge in [-0.25, -0.2) is 0 Å². The molecular weight excluding hydrogens is 589 g/mol. The summed E-state index contributed by atoms with van der Waals surface area (Å²) in [5.74, 6) is 0. The smallest absolute Gasteiger partial charge is 0.321 e. The first kappa shape index (κ1) is 30.3. The third-order valence-corrected chi connectivity index (χ3v) is 8.43. The predicted octanol–water partition coefficient (Wildman–Crippen LogP) is 10.1. The Kier molecular flexibility index (Phi) is 8.91. The number of hydrogen-bond donors (Lipinski definition) is 2. The fourth-order valence-corrected chi connectivity index (χ4v) is 6.14. The number of nitriles is 1. The van der Waals surface area contributed by atoms with Gasteiger partial charge in [-0.15, -0.1) is 0 Å². The van der Waals surface area contributed by atoms with Crippen LogP contribution in [0.25, 0.3) is 5.57 Å². The molecule has 0 bridgehead atoms. The molecule has 0 aliphatic carbocycles. The number of para-hydroxylation sites is 4. The summed E-state index contributed by atoms with van der Waals surface area (Å²) in [4.78, 5) is 24.7. The van der Waals surface area contributed by atoms with E-state index >= 15 is 0 Å². The quantitative estimate of drug-likeness (QED) is 0.124. The maximum Gasteiger partial charge on any atom is 0.367 e. The molecule has 0 aliphatic heterocycles. The van der Waals surface area contributed by atoms with Crippen LogP contribution in [0, 0.1) is 11.3 Å². The van der Waals surface area contributed by atoms with E-state index in [-0.39, 0.29) is 5.57 Å². The first-order chi connectivity index (χ1) is 22.4. The van der Waals surface area contributed by atoms with Crippen LogP contribution in [0.2, 0.25) is 0 Å². The molecule has 6 nitrogen and oxygen atoms in total. The Bertz CT molecular complexity index is 1810. The molecule has 224 valence electrons. The highest BCUT2D eigenvalue weighted by Crippen LogP contribution is 2.50. The van der Waals surface area contributed by atoms with Crippen molar-refractivity contribution in [1.29, 1.82) is 5.26 Å². The van der Waals surface area contributed by atoms with E-state index in [9.17, 15) is 19.6 Å². The Hall–Kier alpha value is -5.70. The highest BCUT2D eigenvalue weighted by molar-refractivity contribution is 7.57. The molecule has 0 radical (unpaired) electrons. The van der Waals surface area contributed by atoms with Crippen molar-refractivity contribution in [2.75, 3.05) is 9.80 Å². The van der Waals surface area contributed by atoms with Gasteiger partial charge in [0.1, 0.15) is 11.4 Å². The monoisotopic (exact) mass is 619 g/mol. The summed E-state index contributed by atoms with van der Waals surface area (Å²) in [5, 5.41) is 9.43. The minimum Gasteiger partial charge on any atom is -0.321 e. The highest BCUT2D eigenvalue weighted by Gasteiger charge is 2.27. The average molecular weight is 620 g/mol. The van der Waals surface area contributed by atoms with Crippen LogP contribution >= 0.6 is 7.60 Å². The average Bonchev–Trinajstić information content (AvgIpc) is 3.10. The summed E-state index contributed by atoms with van der Waals surface area (Å²) in [6, 6.07) is 56.3. The fourth-order valence-electron chi connectivity index (χ4n) is 5.46. The minimum atomic E-state index is -4.92. The predicted molar refractivity (Wildman–Crippen MR) is 186 cm³/mol. The van der Waals surface area contributed by atoms with Crippen LogP contribution in [0.5, 0.6) is 0 Å². The molecule has 0 spiro atoms. The number of benzene rings is 6. The third-order valence-electron chi connectivity index (χ3n) is 7.52. The molecule has 6 rings (SSSR count). The maximum absolute atomic E-state index is 12.6. The van der Waals surface area contributed by atoms with E-state index in [1.165, 1.54) is 0 Å². The van der Waals surface area contributed by atoms with Gasteiger partial charge in [-0.1, -0.05) is 97.1 Å². The summed E-state index contributed by atoms with van der Waals surface area (Å²) in [7, 11) is -4.92. The normalized spacial score (nSPS) is 10.9. The van der Waals surface area contributed by atoms with Crippen molar-refractivity contribution in [2.24, 2.45) is 0 Å². The van der Waals surface area contributed by atoms with Crippen molar-refractivity contribution in [2.45, 2.75) is 0 Å². The van der Waals surface area contributed by atoms with Gasteiger partial charge in [0.15, 0.2) is 0 Å². The molecule has 46 heavy (non-hydrogen) atoms. The maximum atomic E-state index is 12.6. The summed E-state index contributed by atoms with van der Waals surface area (Å²) in [6.45, 7) is 0. The van der Waals surface area contributed by atoms with Crippen LogP contribution in [0.15, 0.2) is 175 Å². The van der Waals surface area contributed by atoms with Crippen LogP contribution in [-0.4, -0.2) is 9.79 Å². The second-order valence-corrected chi connectivity index (χ2v) is 12.0. The Morgan fingerprint density at radius 2 is 0.717 bits per heavy atom. The van der Waals surface area contributed by atoms with E-state index in [0.29, 0.717) is 11.1 Å². The lowest BCUT2D eigenvalue weighted by molar-refractivity contribution is 0.384. The van der Waals surface area contributed by atoms with Gasteiger partial charge in [0, 0.05) is 39.7 Å². The second kappa shape index (κ2) is 13.5.